The van der Waals surface area contributed by atoms with Crippen LogP contribution in [0.3, 0.4) is 0 Å². The van der Waals surface area contributed by atoms with Crippen LogP contribution in [-0.2, 0) is 16.7 Å². The van der Waals surface area contributed by atoms with Crippen LogP contribution in [0.4, 0.5) is 32.3 Å². The van der Waals surface area contributed by atoms with E-state index in [-0.39, 0.29) is 24.9 Å². The number of nitrogen functional groups attached to an aromatic ring is 1. The molecule has 2 atom stereocenters. The predicted molar refractivity (Wildman–Crippen MR) is 129 cm³/mol. The largest absolute Gasteiger partial charge is 0.432 e. The molecule has 0 bridgehead atoms. The van der Waals surface area contributed by atoms with Crippen molar-refractivity contribution in [2.24, 2.45) is 4.99 Å². The Morgan fingerprint density at radius 3 is 2.50 bits per heavy atom. The zero-order chi connectivity index (χ0) is 27.1. The quantitative estimate of drug-likeness (QED) is 0.265. The van der Waals surface area contributed by atoms with E-state index < -0.39 is 30.0 Å². The number of allylic oxidation sites excluding steroid dienone is 5. The Labute approximate surface area is 207 Å². The zero-order valence-corrected chi connectivity index (χ0v) is 21.0. The van der Waals surface area contributed by atoms with Gasteiger partial charge in [0, 0.05) is 24.9 Å². The molecule has 0 radical (unpaired) electrons. The van der Waals surface area contributed by atoms with Crippen LogP contribution < -0.4 is 5.73 Å². The lowest BCUT2D eigenvalue weighted by atomic mass is 9.74. The molecule has 0 spiro atoms. The molecule has 0 aliphatic heterocycles. The van der Waals surface area contributed by atoms with E-state index in [0.717, 1.165) is 21.8 Å². The Hall–Kier alpha value is -2.56. The summed E-state index contributed by atoms with van der Waals surface area (Å²) in [4.78, 5) is 7.95. The van der Waals surface area contributed by atoms with Crippen LogP contribution in [0.5, 0.6) is 0 Å². The van der Waals surface area contributed by atoms with Gasteiger partial charge in [0.1, 0.15) is 12.2 Å². The summed E-state index contributed by atoms with van der Waals surface area (Å²) >= 11 is 0. The van der Waals surface area contributed by atoms with E-state index in [1.807, 2.05) is 26.0 Å². The standard InChI is InChI=1S/C25H34F6N4O/c1-5-8-19-18(14-17(3)36-4)10-12-23(19,11-7-13-33-20(9-6-2)25(29,30)31)21-15-35(22(32)34-21)16-24(26,27)28/h8-9,13-15,17H,5-7,10-12,16H2,1-4H3,(H2,32,34)/b18-14-,19-8+,20-9-,33-13?. The lowest BCUT2D eigenvalue weighted by Gasteiger charge is -2.29. The van der Waals surface area contributed by atoms with Gasteiger partial charge in [-0.1, -0.05) is 32.1 Å². The smallest absolute Gasteiger partial charge is 0.378 e. The van der Waals surface area contributed by atoms with Crippen molar-refractivity contribution in [1.82, 2.24) is 9.55 Å². The van der Waals surface area contributed by atoms with Gasteiger partial charge in [-0.3, -0.25) is 4.99 Å². The van der Waals surface area contributed by atoms with Crippen molar-refractivity contribution < 1.29 is 31.1 Å². The molecule has 1 aromatic rings. The van der Waals surface area contributed by atoms with E-state index in [1.54, 1.807) is 14.0 Å². The Morgan fingerprint density at radius 2 is 1.94 bits per heavy atom. The van der Waals surface area contributed by atoms with Gasteiger partial charge >= 0.3 is 12.4 Å². The van der Waals surface area contributed by atoms with Gasteiger partial charge in [0.05, 0.1) is 11.8 Å². The average Bonchev–Trinajstić information content (AvgIpc) is 3.30. The third-order valence-electron chi connectivity index (χ3n) is 6.16. The van der Waals surface area contributed by atoms with E-state index in [2.05, 4.69) is 9.98 Å². The summed E-state index contributed by atoms with van der Waals surface area (Å²) in [6, 6.07) is 0. The fraction of sp³-hybridized carbons (Fsp3) is 0.600. The van der Waals surface area contributed by atoms with Crippen LogP contribution in [-0.4, -0.2) is 41.3 Å². The molecule has 202 valence electrons. The van der Waals surface area contributed by atoms with E-state index >= 15 is 0 Å². The van der Waals surface area contributed by atoms with Gasteiger partial charge in [-0.15, -0.1) is 0 Å². The molecule has 1 aliphatic carbocycles. The molecule has 1 aliphatic rings. The maximum atomic E-state index is 13.2. The molecule has 2 rings (SSSR count). The van der Waals surface area contributed by atoms with Gasteiger partial charge in [-0.05, 0) is 56.6 Å². The fourth-order valence-corrected chi connectivity index (χ4v) is 4.52. The number of hydrogen-bond acceptors (Lipinski definition) is 4. The van der Waals surface area contributed by atoms with Crippen LogP contribution in [0.1, 0.15) is 65.0 Å². The first-order valence-electron chi connectivity index (χ1n) is 11.9. The van der Waals surface area contributed by atoms with E-state index in [9.17, 15) is 26.3 Å². The van der Waals surface area contributed by atoms with Gasteiger partial charge in [0.15, 0.2) is 0 Å². The molecule has 1 saturated carbocycles. The van der Waals surface area contributed by atoms with Gasteiger partial charge in [0.2, 0.25) is 5.95 Å². The van der Waals surface area contributed by atoms with Crippen LogP contribution >= 0.6 is 0 Å². The third kappa shape index (κ3) is 7.47. The number of ether oxygens (including phenoxy) is 1. The molecule has 36 heavy (non-hydrogen) atoms. The maximum Gasteiger partial charge on any atom is 0.432 e. The number of aliphatic imine (C=N–C) groups is 1. The highest BCUT2D eigenvalue weighted by atomic mass is 19.4. The lowest BCUT2D eigenvalue weighted by Crippen LogP contribution is -2.26. The number of hydrogen-bond donors (Lipinski definition) is 1. The van der Waals surface area contributed by atoms with Crippen LogP contribution in [0.25, 0.3) is 0 Å². The average molecular weight is 521 g/mol. The molecule has 1 fully saturated rings. The summed E-state index contributed by atoms with van der Waals surface area (Å²) < 4.78 is 85.0. The number of alkyl halides is 6. The lowest BCUT2D eigenvalue weighted by molar-refractivity contribution is -0.140. The first kappa shape index (κ1) is 29.7. The van der Waals surface area contributed by atoms with Gasteiger partial charge in [0.25, 0.3) is 0 Å². The van der Waals surface area contributed by atoms with E-state index in [0.29, 0.717) is 31.4 Å². The van der Waals surface area contributed by atoms with Crippen molar-refractivity contribution in [3.8, 4) is 0 Å². The van der Waals surface area contributed by atoms with Gasteiger partial charge < -0.3 is 15.0 Å². The van der Waals surface area contributed by atoms with Crippen LogP contribution in [0.2, 0.25) is 0 Å². The SMILES string of the molecule is CC/C=C(\N=CCCC1(c2cn(CC(F)(F)F)c(N)n2)CCC(=C/C(C)OC)/C1=C\CC)C(F)(F)F. The number of rotatable bonds is 10. The number of nitrogens with two attached hydrogens (primary N) is 1. The molecule has 1 heterocycles. The van der Waals surface area contributed by atoms with Crippen molar-refractivity contribution in [2.75, 3.05) is 12.8 Å². The highest BCUT2D eigenvalue weighted by Crippen LogP contribution is 2.51. The summed E-state index contributed by atoms with van der Waals surface area (Å²) in [5.41, 5.74) is 6.29. The summed E-state index contributed by atoms with van der Waals surface area (Å²) in [6.07, 6.45) is 0.689. The molecule has 2 N–H and O–H groups in total. The zero-order valence-electron chi connectivity index (χ0n) is 21.0. The van der Waals surface area contributed by atoms with Crippen molar-refractivity contribution in [2.45, 2.75) is 89.7 Å². The Bertz CT molecular complexity index is 1000. The Balaban J connectivity index is 2.52. The molecular weight excluding hydrogens is 486 g/mol. The molecule has 0 amide bonds. The normalized spacial score (nSPS) is 22.9. The predicted octanol–water partition coefficient (Wildman–Crippen LogP) is 7.06. The first-order chi connectivity index (χ1) is 16.8. The summed E-state index contributed by atoms with van der Waals surface area (Å²) in [5, 5.41) is 0. The van der Waals surface area contributed by atoms with Crippen molar-refractivity contribution >= 4 is 12.2 Å². The minimum Gasteiger partial charge on any atom is -0.378 e. The van der Waals surface area contributed by atoms with Crippen LogP contribution in [0.15, 0.2) is 46.3 Å². The molecular formula is C25H34F6N4O. The number of imidazole rings is 1. The van der Waals surface area contributed by atoms with Gasteiger partial charge in [-0.2, -0.15) is 26.3 Å². The van der Waals surface area contributed by atoms with E-state index in [4.69, 9.17) is 10.5 Å². The molecule has 0 aromatic carbocycles. The third-order valence-corrected chi connectivity index (χ3v) is 6.16. The summed E-state index contributed by atoms with van der Waals surface area (Å²) in [6.45, 7) is 4.12. The van der Waals surface area contributed by atoms with Gasteiger partial charge in [-0.25, -0.2) is 4.98 Å². The van der Waals surface area contributed by atoms with E-state index in [1.165, 1.54) is 12.4 Å². The minimum atomic E-state index is -4.57. The number of aromatic nitrogens is 2. The highest BCUT2D eigenvalue weighted by Gasteiger charge is 2.44. The maximum absolute atomic E-state index is 13.2. The second-order valence-electron chi connectivity index (χ2n) is 8.81. The number of nitrogens with zero attached hydrogens (tertiary/aromatic N) is 3. The number of methoxy groups -OCH3 is 1. The highest BCUT2D eigenvalue weighted by molar-refractivity contribution is 5.61. The van der Waals surface area contributed by atoms with Crippen molar-refractivity contribution in [3.05, 3.63) is 47.0 Å². The Morgan fingerprint density at radius 1 is 1.25 bits per heavy atom. The topological polar surface area (TPSA) is 65.4 Å². The monoisotopic (exact) mass is 520 g/mol. The summed E-state index contributed by atoms with van der Waals surface area (Å²) in [5.74, 6) is -0.265. The molecule has 0 saturated heterocycles. The van der Waals surface area contributed by atoms with Crippen molar-refractivity contribution in [3.63, 3.8) is 0 Å². The minimum absolute atomic E-state index is 0.164. The molecule has 5 nitrogen and oxygen atoms in total. The first-order valence-corrected chi connectivity index (χ1v) is 11.9. The number of halogens is 6. The Kier molecular flexibility index (Phi) is 9.99. The number of anilines is 1. The molecule has 11 heteroatoms. The molecule has 2 unspecified atom stereocenters. The fourth-order valence-electron chi connectivity index (χ4n) is 4.52. The van der Waals surface area contributed by atoms with Crippen molar-refractivity contribution in [1.29, 1.82) is 0 Å². The second kappa shape index (κ2) is 12.1. The van der Waals surface area contributed by atoms with Crippen LogP contribution in [0, 0.1) is 0 Å². The molecule has 1 aromatic heterocycles. The summed E-state index contributed by atoms with van der Waals surface area (Å²) in [7, 11) is 1.57. The second-order valence-corrected chi connectivity index (χ2v) is 8.81.